The number of carbonyl (C=O) groups excluding carboxylic acids is 1. The third-order valence-electron chi connectivity index (χ3n) is 2.92. The summed E-state index contributed by atoms with van der Waals surface area (Å²) in [5.41, 5.74) is 2.22. The third-order valence-corrected chi connectivity index (χ3v) is 2.92. The van der Waals surface area contributed by atoms with Crippen molar-refractivity contribution in [3.63, 3.8) is 0 Å². The van der Waals surface area contributed by atoms with Gasteiger partial charge in [0, 0.05) is 44.4 Å². The van der Waals surface area contributed by atoms with E-state index in [1.54, 1.807) is 0 Å². The first kappa shape index (κ1) is 32.5. The zero-order valence-corrected chi connectivity index (χ0v) is 17.3. The fraction of sp³-hybridized carbons (Fsp3) is 0.409. The van der Waals surface area contributed by atoms with Crippen LogP contribution in [-0.2, 0) is 32.7 Å². The standard InChI is InChI=1S/C10H14N2O.C9H12.3CH4.Y/c1-8(2)11-10(13)12-9-6-4-3-5-7-9;1-8(2)9-6-4-3-5-7-9;;;;/h3-8H,1-2H3,(H2,11,12,13);3-8H,1-2H3;3*1H4;. The Kier molecular flexibility index (Phi) is 23.2. The second kappa shape index (κ2) is 18.6. The smallest absolute Gasteiger partial charge is 0.319 e. The summed E-state index contributed by atoms with van der Waals surface area (Å²) in [4.78, 5) is 11.2. The Morgan fingerprint density at radius 3 is 1.54 bits per heavy atom. The molecule has 0 heterocycles. The normalized spacial score (nSPS) is 8.38. The largest absolute Gasteiger partial charge is 0.336 e. The molecule has 26 heavy (non-hydrogen) atoms. The topological polar surface area (TPSA) is 41.1 Å². The molecule has 1 radical (unpaired) electrons. The third kappa shape index (κ3) is 15.1. The first-order chi connectivity index (χ1) is 10.5. The minimum absolute atomic E-state index is 0. The number of urea groups is 1. The molecule has 4 heteroatoms. The van der Waals surface area contributed by atoms with E-state index in [0.29, 0.717) is 5.92 Å². The predicted octanol–water partition coefficient (Wildman–Crippen LogP) is 6.93. The zero-order valence-electron chi connectivity index (χ0n) is 14.4. The Balaban J connectivity index is -0.000000168. The molecular weight excluding hydrogens is 397 g/mol. The van der Waals surface area contributed by atoms with Gasteiger partial charge in [0.1, 0.15) is 0 Å². The van der Waals surface area contributed by atoms with Gasteiger partial charge in [-0.1, -0.05) is 84.7 Å². The molecule has 3 nitrogen and oxygen atoms in total. The van der Waals surface area contributed by atoms with Crippen molar-refractivity contribution in [3.8, 4) is 0 Å². The van der Waals surface area contributed by atoms with Gasteiger partial charge in [-0.05, 0) is 37.5 Å². The molecule has 2 aromatic carbocycles. The van der Waals surface area contributed by atoms with Gasteiger partial charge in [0.2, 0.25) is 0 Å². The van der Waals surface area contributed by atoms with Crippen molar-refractivity contribution >= 4 is 11.7 Å². The molecule has 0 aliphatic rings. The molecule has 0 aromatic heterocycles. The number of nitrogens with one attached hydrogen (secondary N) is 2. The molecule has 2 amide bonds. The second-order valence-corrected chi connectivity index (χ2v) is 5.68. The average Bonchev–Trinajstić information content (AvgIpc) is 2.49. The maximum Gasteiger partial charge on any atom is 0.319 e. The van der Waals surface area contributed by atoms with Gasteiger partial charge < -0.3 is 10.6 Å². The minimum atomic E-state index is -0.166. The molecule has 0 aliphatic carbocycles. The Hall–Kier alpha value is -1.19. The maximum absolute atomic E-state index is 11.2. The van der Waals surface area contributed by atoms with E-state index >= 15 is 0 Å². The summed E-state index contributed by atoms with van der Waals surface area (Å²) in [6.45, 7) is 8.25. The van der Waals surface area contributed by atoms with Crippen LogP contribution in [0.3, 0.4) is 0 Å². The van der Waals surface area contributed by atoms with Gasteiger partial charge in [-0.25, -0.2) is 4.79 Å². The number of rotatable bonds is 3. The van der Waals surface area contributed by atoms with E-state index in [2.05, 4.69) is 48.7 Å². The van der Waals surface area contributed by atoms with E-state index in [1.807, 2.05) is 50.2 Å². The monoisotopic (exact) mass is 435 g/mol. The first-order valence-electron chi connectivity index (χ1n) is 7.66. The number of anilines is 1. The predicted molar refractivity (Wildman–Crippen MR) is 114 cm³/mol. The number of amides is 2. The Labute approximate surface area is 187 Å². The van der Waals surface area contributed by atoms with Crippen molar-refractivity contribution in [2.24, 2.45) is 0 Å². The summed E-state index contributed by atoms with van der Waals surface area (Å²) in [6.07, 6.45) is 0. The molecule has 0 saturated heterocycles. The Bertz CT molecular complexity index is 543. The summed E-state index contributed by atoms with van der Waals surface area (Å²) < 4.78 is 0. The number of hydrogen-bond acceptors (Lipinski definition) is 1. The van der Waals surface area contributed by atoms with Crippen LogP contribution in [0.1, 0.15) is 61.5 Å². The molecule has 0 spiro atoms. The number of hydrogen-bond donors (Lipinski definition) is 2. The second-order valence-electron chi connectivity index (χ2n) is 5.68. The van der Waals surface area contributed by atoms with Gasteiger partial charge in [0.15, 0.2) is 0 Å². The molecule has 2 N–H and O–H groups in total. The van der Waals surface area contributed by atoms with Crippen molar-refractivity contribution in [1.82, 2.24) is 5.32 Å². The van der Waals surface area contributed by atoms with Gasteiger partial charge in [0.05, 0.1) is 0 Å². The van der Waals surface area contributed by atoms with E-state index in [1.165, 1.54) is 5.56 Å². The van der Waals surface area contributed by atoms with E-state index in [9.17, 15) is 4.79 Å². The first-order valence-corrected chi connectivity index (χ1v) is 7.66. The van der Waals surface area contributed by atoms with Crippen molar-refractivity contribution in [2.45, 2.75) is 61.9 Å². The summed E-state index contributed by atoms with van der Waals surface area (Å²) in [6, 6.07) is 19.9. The quantitative estimate of drug-likeness (QED) is 0.539. The van der Waals surface area contributed by atoms with Gasteiger partial charge in [0.25, 0.3) is 0 Å². The van der Waals surface area contributed by atoms with Crippen LogP contribution in [0.15, 0.2) is 60.7 Å². The summed E-state index contributed by atoms with van der Waals surface area (Å²) in [5.74, 6) is 0.659. The van der Waals surface area contributed by atoms with Crippen molar-refractivity contribution in [2.75, 3.05) is 5.32 Å². The Morgan fingerprint density at radius 1 is 0.769 bits per heavy atom. The summed E-state index contributed by atoms with van der Waals surface area (Å²) >= 11 is 0. The van der Waals surface area contributed by atoms with Gasteiger partial charge in [-0.15, -0.1) is 0 Å². The van der Waals surface area contributed by atoms with Crippen LogP contribution in [0.5, 0.6) is 0 Å². The van der Waals surface area contributed by atoms with Gasteiger partial charge in [-0.3, -0.25) is 0 Å². The van der Waals surface area contributed by atoms with Crippen LogP contribution in [0.2, 0.25) is 0 Å². The average molecular weight is 435 g/mol. The summed E-state index contributed by atoms with van der Waals surface area (Å²) in [5, 5.41) is 5.46. The van der Waals surface area contributed by atoms with Crippen LogP contribution in [-0.4, -0.2) is 12.1 Å². The molecule has 0 unspecified atom stereocenters. The zero-order chi connectivity index (χ0) is 16.4. The number of carbonyl (C=O) groups is 1. The van der Waals surface area contributed by atoms with E-state index < -0.39 is 0 Å². The molecule has 145 valence electrons. The van der Waals surface area contributed by atoms with Crippen LogP contribution in [0.25, 0.3) is 0 Å². The van der Waals surface area contributed by atoms with E-state index in [-0.39, 0.29) is 67.1 Å². The molecule has 0 fully saturated rings. The molecule has 0 atom stereocenters. The fourth-order valence-electron chi connectivity index (χ4n) is 1.79. The SMILES string of the molecule is C.C.C.CC(C)NC(=O)Nc1ccccc1.CC(C)c1ccccc1.[Y]. The van der Waals surface area contributed by atoms with Gasteiger partial charge in [-0.2, -0.15) is 0 Å². The molecule has 2 rings (SSSR count). The van der Waals surface area contributed by atoms with E-state index in [0.717, 1.165) is 5.69 Å². The molecule has 2 aromatic rings. The van der Waals surface area contributed by atoms with Crippen LogP contribution in [0.4, 0.5) is 10.5 Å². The molecule has 0 saturated carbocycles. The fourth-order valence-corrected chi connectivity index (χ4v) is 1.79. The van der Waals surface area contributed by atoms with Crippen LogP contribution < -0.4 is 10.6 Å². The van der Waals surface area contributed by atoms with Gasteiger partial charge >= 0.3 is 6.03 Å². The minimum Gasteiger partial charge on any atom is -0.336 e. The summed E-state index contributed by atoms with van der Waals surface area (Å²) in [7, 11) is 0. The Morgan fingerprint density at radius 2 is 1.19 bits per heavy atom. The molecule has 0 bridgehead atoms. The van der Waals surface area contributed by atoms with E-state index in [4.69, 9.17) is 0 Å². The van der Waals surface area contributed by atoms with Crippen LogP contribution in [0, 0.1) is 0 Å². The number of benzene rings is 2. The molecular formula is C22H38N2OY. The number of para-hydroxylation sites is 1. The van der Waals surface area contributed by atoms with Crippen molar-refractivity contribution in [3.05, 3.63) is 66.2 Å². The maximum atomic E-state index is 11.2. The van der Waals surface area contributed by atoms with Crippen molar-refractivity contribution < 1.29 is 37.5 Å². The van der Waals surface area contributed by atoms with Crippen molar-refractivity contribution in [1.29, 1.82) is 0 Å². The van der Waals surface area contributed by atoms with Crippen LogP contribution >= 0.6 is 0 Å². The molecule has 0 aliphatic heterocycles.